The Balaban J connectivity index is 1.95. The largest absolute Gasteiger partial charge is 0.358 e. The molecule has 2 aromatic rings. The Hall–Kier alpha value is -1.43. The minimum Gasteiger partial charge on any atom is -0.358 e. The quantitative estimate of drug-likeness (QED) is 0.576. The van der Waals surface area contributed by atoms with Crippen LogP contribution in [0.2, 0.25) is 0 Å². The first kappa shape index (κ1) is 12.0. The predicted molar refractivity (Wildman–Crippen MR) is 66.4 cm³/mol. The number of hydrogen-bond acceptors (Lipinski definition) is 5. The molecule has 2 rings (SSSR count). The van der Waals surface area contributed by atoms with Gasteiger partial charge in [-0.05, 0) is 35.4 Å². The van der Waals surface area contributed by atoms with E-state index in [0.717, 1.165) is 37.5 Å². The van der Waals surface area contributed by atoms with Crippen LogP contribution in [0.1, 0.15) is 19.3 Å². The molecule has 6 nitrogen and oxygen atoms in total. The first-order valence-corrected chi connectivity index (χ1v) is 6.17. The molecule has 0 aliphatic rings. The SMILES string of the molecule is CN(CCCCCCl)c1ccc2nnnn2n1. The van der Waals surface area contributed by atoms with Crippen LogP contribution in [0.5, 0.6) is 0 Å². The zero-order valence-corrected chi connectivity index (χ0v) is 10.5. The zero-order valence-electron chi connectivity index (χ0n) is 9.75. The predicted octanol–water partition coefficient (Wildman–Crippen LogP) is 1.36. The summed E-state index contributed by atoms with van der Waals surface area (Å²) in [6.07, 6.45) is 3.31. The standard InChI is InChI=1S/C10H15ClN6/c1-16(8-4-2-3-7-11)10-6-5-9-12-14-15-17(9)13-10/h5-6H,2-4,7-8H2,1H3. The molecule has 0 N–H and O–H groups in total. The summed E-state index contributed by atoms with van der Waals surface area (Å²) in [5.74, 6) is 1.61. The van der Waals surface area contributed by atoms with Gasteiger partial charge in [-0.3, -0.25) is 0 Å². The van der Waals surface area contributed by atoms with Gasteiger partial charge in [0.2, 0.25) is 0 Å². The topological polar surface area (TPSA) is 59.2 Å². The molecule has 17 heavy (non-hydrogen) atoms. The summed E-state index contributed by atoms with van der Waals surface area (Å²) < 4.78 is 1.44. The zero-order chi connectivity index (χ0) is 12.1. The molecule has 2 heterocycles. The second-order valence-electron chi connectivity index (χ2n) is 3.89. The number of anilines is 1. The molecule has 0 atom stereocenters. The lowest BCUT2D eigenvalue weighted by Crippen LogP contribution is -2.20. The van der Waals surface area contributed by atoms with E-state index in [0.29, 0.717) is 5.65 Å². The fourth-order valence-electron chi connectivity index (χ4n) is 1.58. The molecule has 0 saturated heterocycles. The highest BCUT2D eigenvalue weighted by Gasteiger charge is 2.05. The fourth-order valence-corrected chi connectivity index (χ4v) is 1.77. The molecule has 0 fully saturated rings. The second-order valence-corrected chi connectivity index (χ2v) is 4.27. The molecule has 0 radical (unpaired) electrons. The van der Waals surface area contributed by atoms with Crippen molar-refractivity contribution in [3.8, 4) is 0 Å². The summed E-state index contributed by atoms with van der Waals surface area (Å²) in [6.45, 7) is 0.956. The Labute approximate surface area is 105 Å². The van der Waals surface area contributed by atoms with Crippen molar-refractivity contribution in [2.24, 2.45) is 0 Å². The van der Waals surface area contributed by atoms with Crippen molar-refractivity contribution < 1.29 is 0 Å². The number of rotatable bonds is 6. The Morgan fingerprint density at radius 1 is 1.29 bits per heavy atom. The van der Waals surface area contributed by atoms with Gasteiger partial charge in [0.1, 0.15) is 0 Å². The van der Waals surface area contributed by atoms with Gasteiger partial charge >= 0.3 is 0 Å². The van der Waals surface area contributed by atoms with Crippen molar-refractivity contribution >= 4 is 23.1 Å². The Morgan fingerprint density at radius 2 is 2.18 bits per heavy atom. The van der Waals surface area contributed by atoms with Gasteiger partial charge in [0.25, 0.3) is 0 Å². The number of halogens is 1. The van der Waals surface area contributed by atoms with Gasteiger partial charge in [-0.2, -0.15) is 0 Å². The molecular weight excluding hydrogens is 240 g/mol. The van der Waals surface area contributed by atoms with E-state index in [4.69, 9.17) is 11.6 Å². The molecule has 2 aromatic heterocycles. The van der Waals surface area contributed by atoms with Gasteiger partial charge in [0, 0.05) is 19.5 Å². The number of alkyl halides is 1. The minimum atomic E-state index is 0.657. The summed E-state index contributed by atoms with van der Waals surface area (Å²) in [4.78, 5) is 2.09. The molecule has 0 aliphatic heterocycles. The van der Waals surface area contributed by atoms with E-state index in [1.165, 1.54) is 4.63 Å². The van der Waals surface area contributed by atoms with Crippen molar-refractivity contribution in [1.82, 2.24) is 25.3 Å². The Kier molecular flexibility index (Phi) is 4.08. The van der Waals surface area contributed by atoms with Crippen LogP contribution in [0, 0.1) is 0 Å². The molecule has 0 saturated carbocycles. The second kappa shape index (κ2) is 5.77. The number of tetrazole rings is 1. The number of nitrogens with zero attached hydrogens (tertiary/aromatic N) is 6. The van der Waals surface area contributed by atoms with Gasteiger partial charge in [0.05, 0.1) is 0 Å². The van der Waals surface area contributed by atoms with E-state index < -0.39 is 0 Å². The molecule has 92 valence electrons. The Bertz CT molecular complexity index is 471. The molecular formula is C10H15ClN6. The van der Waals surface area contributed by atoms with Crippen molar-refractivity contribution in [2.75, 3.05) is 24.4 Å². The number of aromatic nitrogens is 5. The summed E-state index contributed by atoms with van der Waals surface area (Å²) in [5.41, 5.74) is 0.657. The van der Waals surface area contributed by atoms with Gasteiger partial charge in [-0.1, -0.05) is 6.42 Å². The lowest BCUT2D eigenvalue weighted by Gasteiger charge is -2.17. The monoisotopic (exact) mass is 254 g/mol. The van der Waals surface area contributed by atoms with Crippen molar-refractivity contribution in [3.63, 3.8) is 0 Å². The van der Waals surface area contributed by atoms with Crippen LogP contribution < -0.4 is 4.90 Å². The normalized spacial score (nSPS) is 10.9. The number of fused-ring (bicyclic) bond motifs is 1. The van der Waals surface area contributed by atoms with Crippen LogP contribution >= 0.6 is 11.6 Å². The smallest absolute Gasteiger partial charge is 0.200 e. The summed E-state index contributed by atoms with van der Waals surface area (Å²) in [7, 11) is 2.01. The summed E-state index contributed by atoms with van der Waals surface area (Å²) in [6, 6.07) is 3.78. The third kappa shape index (κ3) is 3.03. The van der Waals surface area contributed by atoms with Crippen LogP contribution in [-0.2, 0) is 0 Å². The van der Waals surface area contributed by atoms with Gasteiger partial charge in [-0.25, -0.2) is 0 Å². The summed E-state index contributed by atoms with van der Waals surface area (Å²) in [5, 5.41) is 15.5. The van der Waals surface area contributed by atoms with E-state index in [1.807, 2.05) is 19.2 Å². The van der Waals surface area contributed by atoms with E-state index in [-0.39, 0.29) is 0 Å². The number of hydrogen-bond donors (Lipinski definition) is 0. The Morgan fingerprint density at radius 3 is 3.00 bits per heavy atom. The molecule has 0 aromatic carbocycles. The maximum absolute atomic E-state index is 5.64. The molecule has 0 aliphatic carbocycles. The van der Waals surface area contributed by atoms with Crippen molar-refractivity contribution in [2.45, 2.75) is 19.3 Å². The van der Waals surface area contributed by atoms with Crippen LogP contribution in [0.15, 0.2) is 12.1 Å². The fraction of sp³-hybridized carbons (Fsp3) is 0.600. The lowest BCUT2D eigenvalue weighted by atomic mass is 10.2. The maximum atomic E-state index is 5.64. The van der Waals surface area contributed by atoms with Crippen LogP contribution in [0.25, 0.3) is 5.65 Å². The minimum absolute atomic E-state index is 0.657. The van der Waals surface area contributed by atoms with E-state index in [1.54, 1.807) is 0 Å². The van der Waals surface area contributed by atoms with Crippen LogP contribution in [0.4, 0.5) is 5.82 Å². The first-order chi connectivity index (χ1) is 8.31. The highest BCUT2D eigenvalue weighted by Crippen LogP contribution is 2.09. The molecule has 7 heteroatoms. The molecule has 0 bridgehead atoms. The van der Waals surface area contributed by atoms with Gasteiger partial charge in [-0.15, -0.1) is 26.4 Å². The highest BCUT2D eigenvalue weighted by molar-refractivity contribution is 6.17. The summed E-state index contributed by atoms with van der Waals surface area (Å²) >= 11 is 5.64. The van der Waals surface area contributed by atoms with Crippen molar-refractivity contribution in [1.29, 1.82) is 0 Å². The maximum Gasteiger partial charge on any atom is 0.200 e. The highest BCUT2D eigenvalue weighted by atomic mass is 35.5. The van der Waals surface area contributed by atoms with Crippen LogP contribution in [0.3, 0.4) is 0 Å². The molecule has 0 unspecified atom stereocenters. The third-order valence-electron chi connectivity index (χ3n) is 2.57. The number of unbranched alkanes of at least 4 members (excludes halogenated alkanes) is 2. The molecule has 0 spiro atoms. The van der Waals surface area contributed by atoms with Crippen molar-refractivity contribution in [3.05, 3.63) is 12.1 Å². The van der Waals surface area contributed by atoms with E-state index >= 15 is 0 Å². The van der Waals surface area contributed by atoms with Gasteiger partial charge < -0.3 is 4.90 Å². The van der Waals surface area contributed by atoms with Crippen LogP contribution in [-0.4, -0.2) is 44.7 Å². The van der Waals surface area contributed by atoms with E-state index in [9.17, 15) is 0 Å². The average molecular weight is 255 g/mol. The average Bonchev–Trinajstić information content (AvgIpc) is 2.81. The van der Waals surface area contributed by atoms with Gasteiger partial charge in [0.15, 0.2) is 11.5 Å². The van der Waals surface area contributed by atoms with E-state index in [2.05, 4.69) is 25.5 Å². The molecule has 0 amide bonds. The first-order valence-electron chi connectivity index (χ1n) is 5.64. The lowest BCUT2D eigenvalue weighted by molar-refractivity contribution is 0.684. The third-order valence-corrected chi connectivity index (χ3v) is 2.84.